The lowest BCUT2D eigenvalue weighted by Gasteiger charge is -2.07. The van der Waals surface area contributed by atoms with Gasteiger partial charge in [-0.25, -0.2) is 5.43 Å². The zero-order valence-electron chi connectivity index (χ0n) is 14.6. The number of rotatable bonds is 7. The summed E-state index contributed by atoms with van der Waals surface area (Å²) < 4.78 is 4.94. The van der Waals surface area contributed by atoms with Gasteiger partial charge in [-0.1, -0.05) is 0 Å². The number of hydrogen-bond donors (Lipinski definition) is 2. The summed E-state index contributed by atoms with van der Waals surface area (Å²) in [4.78, 5) is 38.3. The molecule has 1 heterocycles. The van der Waals surface area contributed by atoms with Crippen molar-refractivity contribution < 1.29 is 19.2 Å². The Kier molecular flexibility index (Phi) is 6.53. The highest BCUT2D eigenvalue weighted by atomic mass is 16.6. The number of methoxy groups -OCH3 is 1. The molecule has 0 radical (unpaired) electrons. The second kappa shape index (κ2) is 9.04. The van der Waals surface area contributed by atoms with Crippen LogP contribution in [0.2, 0.25) is 0 Å². The Hall–Kier alpha value is -3.82. The van der Waals surface area contributed by atoms with Crippen molar-refractivity contribution in [3.63, 3.8) is 0 Å². The molecule has 1 aromatic carbocycles. The molecule has 0 aliphatic carbocycles. The van der Waals surface area contributed by atoms with Gasteiger partial charge in [0.2, 0.25) is 5.91 Å². The van der Waals surface area contributed by atoms with Gasteiger partial charge in [-0.15, -0.1) is 0 Å². The van der Waals surface area contributed by atoms with Crippen molar-refractivity contribution >= 4 is 28.9 Å². The van der Waals surface area contributed by atoms with E-state index in [2.05, 4.69) is 20.8 Å². The fourth-order valence-corrected chi connectivity index (χ4v) is 2.07. The third-order valence-electron chi connectivity index (χ3n) is 3.36. The van der Waals surface area contributed by atoms with Crippen LogP contribution in [0.15, 0.2) is 47.8 Å². The zero-order chi connectivity index (χ0) is 19.8. The van der Waals surface area contributed by atoms with Crippen molar-refractivity contribution in [2.75, 3.05) is 12.4 Å². The minimum Gasteiger partial charge on any atom is -0.496 e. The first-order chi connectivity index (χ1) is 12.9. The summed E-state index contributed by atoms with van der Waals surface area (Å²) >= 11 is 0. The van der Waals surface area contributed by atoms with E-state index >= 15 is 0 Å². The van der Waals surface area contributed by atoms with Gasteiger partial charge in [-0.05, 0) is 31.2 Å². The second-order valence-corrected chi connectivity index (χ2v) is 5.39. The number of carbonyl (C=O) groups excluding carboxylic acids is 2. The van der Waals surface area contributed by atoms with E-state index in [0.29, 0.717) is 17.0 Å². The summed E-state index contributed by atoms with van der Waals surface area (Å²) in [5.74, 6) is -0.677. The summed E-state index contributed by atoms with van der Waals surface area (Å²) in [6.07, 6.45) is 2.76. The Bertz CT molecular complexity index is 883. The molecule has 1 aromatic heterocycles. The molecule has 27 heavy (non-hydrogen) atoms. The number of aromatic nitrogens is 1. The number of nitro benzene ring substituents is 1. The number of nitro groups is 1. The van der Waals surface area contributed by atoms with Gasteiger partial charge in [0.1, 0.15) is 11.4 Å². The molecule has 0 fully saturated rings. The number of ether oxygens (including phenoxy) is 1. The van der Waals surface area contributed by atoms with Gasteiger partial charge in [-0.2, -0.15) is 5.10 Å². The molecule has 0 atom stereocenters. The van der Waals surface area contributed by atoms with Gasteiger partial charge in [-0.3, -0.25) is 24.7 Å². The van der Waals surface area contributed by atoms with Crippen molar-refractivity contribution in [2.24, 2.45) is 5.10 Å². The second-order valence-electron chi connectivity index (χ2n) is 5.39. The molecule has 0 bridgehead atoms. The van der Waals surface area contributed by atoms with E-state index in [0.717, 1.165) is 0 Å². The minimum absolute atomic E-state index is 0.0398. The maximum absolute atomic E-state index is 12.1. The topological polar surface area (TPSA) is 136 Å². The Balaban J connectivity index is 1.99. The average Bonchev–Trinajstić information content (AvgIpc) is 2.66. The van der Waals surface area contributed by atoms with Crippen LogP contribution in [-0.4, -0.2) is 34.5 Å². The van der Waals surface area contributed by atoms with Crippen molar-refractivity contribution in [1.82, 2.24) is 10.4 Å². The van der Waals surface area contributed by atoms with Crippen LogP contribution < -0.4 is 15.5 Å². The summed E-state index contributed by atoms with van der Waals surface area (Å²) in [7, 11) is 1.39. The highest BCUT2D eigenvalue weighted by Crippen LogP contribution is 2.28. The standard InChI is InChI=1S/C17H17N5O5/c1-11(20-21-17(24)12-4-3-7-18-10-12)8-16(23)19-14-6-5-13(27-2)9-15(14)22(25)26/h3-7,9-10H,8H2,1-2H3,(H,19,23)(H,21,24). The van der Waals surface area contributed by atoms with Gasteiger partial charge < -0.3 is 10.1 Å². The summed E-state index contributed by atoms with van der Waals surface area (Å²) in [5, 5.41) is 17.4. The molecule has 0 unspecified atom stereocenters. The van der Waals surface area contributed by atoms with E-state index in [1.165, 1.54) is 37.7 Å². The number of anilines is 1. The SMILES string of the molecule is COc1ccc(NC(=O)CC(C)=NNC(=O)c2cccnc2)c([N+](=O)[O-])c1. The number of pyridine rings is 1. The molecule has 0 saturated carbocycles. The summed E-state index contributed by atoms with van der Waals surface area (Å²) in [6, 6.07) is 7.28. The van der Waals surface area contributed by atoms with Crippen LogP contribution in [0.3, 0.4) is 0 Å². The van der Waals surface area contributed by atoms with Crippen LogP contribution in [0, 0.1) is 10.1 Å². The van der Waals surface area contributed by atoms with Crippen LogP contribution in [0.5, 0.6) is 5.75 Å². The van der Waals surface area contributed by atoms with E-state index in [1.54, 1.807) is 19.1 Å². The first kappa shape index (κ1) is 19.5. The van der Waals surface area contributed by atoms with Crippen LogP contribution in [0.25, 0.3) is 0 Å². The highest BCUT2D eigenvalue weighted by molar-refractivity contribution is 6.06. The fourth-order valence-electron chi connectivity index (χ4n) is 2.07. The Morgan fingerprint density at radius 3 is 2.74 bits per heavy atom. The summed E-state index contributed by atoms with van der Waals surface area (Å²) in [5.41, 5.74) is 2.71. The van der Waals surface area contributed by atoms with Gasteiger partial charge >= 0.3 is 0 Å². The molecule has 0 saturated heterocycles. The van der Waals surface area contributed by atoms with Crippen molar-refractivity contribution in [3.8, 4) is 5.75 Å². The lowest BCUT2D eigenvalue weighted by Crippen LogP contribution is -2.21. The normalized spacial score (nSPS) is 10.8. The predicted octanol–water partition coefficient (Wildman–Crippen LogP) is 2.13. The third kappa shape index (κ3) is 5.59. The number of benzene rings is 1. The predicted molar refractivity (Wildman–Crippen MR) is 97.7 cm³/mol. The molecule has 10 nitrogen and oxygen atoms in total. The van der Waals surface area contributed by atoms with Crippen LogP contribution >= 0.6 is 0 Å². The molecule has 2 rings (SSSR count). The largest absolute Gasteiger partial charge is 0.496 e. The first-order valence-electron chi connectivity index (χ1n) is 7.76. The lowest BCUT2D eigenvalue weighted by molar-refractivity contribution is -0.384. The Morgan fingerprint density at radius 2 is 2.11 bits per heavy atom. The Morgan fingerprint density at radius 1 is 1.33 bits per heavy atom. The maximum atomic E-state index is 12.1. The number of hydrazone groups is 1. The lowest BCUT2D eigenvalue weighted by atomic mass is 10.2. The molecule has 0 spiro atoms. The molecule has 2 N–H and O–H groups in total. The van der Waals surface area contributed by atoms with E-state index in [9.17, 15) is 19.7 Å². The molecular formula is C17H17N5O5. The van der Waals surface area contributed by atoms with E-state index < -0.39 is 16.7 Å². The molecule has 2 amide bonds. The molecular weight excluding hydrogens is 354 g/mol. The smallest absolute Gasteiger partial charge is 0.296 e. The summed E-state index contributed by atoms with van der Waals surface area (Å²) in [6.45, 7) is 1.55. The van der Waals surface area contributed by atoms with Gasteiger partial charge in [0, 0.05) is 18.1 Å². The molecule has 140 valence electrons. The van der Waals surface area contributed by atoms with E-state index in [1.807, 2.05) is 0 Å². The molecule has 0 aliphatic rings. The Labute approximate surface area is 154 Å². The van der Waals surface area contributed by atoms with Gasteiger partial charge in [0.15, 0.2) is 0 Å². The average molecular weight is 371 g/mol. The number of amides is 2. The van der Waals surface area contributed by atoms with Gasteiger partial charge in [0.05, 0.1) is 30.1 Å². The minimum atomic E-state index is -0.618. The first-order valence-corrected chi connectivity index (χ1v) is 7.76. The maximum Gasteiger partial charge on any atom is 0.296 e. The zero-order valence-corrected chi connectivity index (χ0v) is 14.6. The number of carbonyl (C=O) groups is 2. The molecule has 10 heteroatoms. The van der Waals surface area contributed by atoms with Crippen molar-refractivity contribution in [2.45, 2.75) is 13.3 Å². The number of hydrogen-bond acceptors (Lipinski definition) is 7. The van der Waals surface area contributed by atoms with E-state index in [-0.39, 0.29) is 17.8 Å². The molecule has 0 aliphatic heterocycles. The van der Waals surface area contributed by atoms with Crippen LogP contribution in [0.1, 0.15) is 23.7 Å². The van der Waals surface area contributed by atoms with Crippen LogP contribution in [-0.2, 0) is 4.79 Å². The number of nitrogens with one attached hydrogen (secondary N) is 2. The third-order valence-corrected chi connectivity index (χ3v) is 3.36. The van der Waals surface area contributed by atoms with Gasteiger partial charge in [0.25, 0.3) is 11.6 Å². The quantitative estimate of drug-likeness (QED) is 0.435. The molecule has 2 aromatic rings. The number of nitrogens with zero attached hydrogens (tertiary/aromatic N) is 3. The monoisotopic (exact) mass is 371 g/mol. The van der Waals surface area contributed by atoms with Crippen LogP contribution in [0.4, 0.5) is 11.4 Å². The fraction of sp³-hybridized carbons (Fsp3) is 0.176. The highest BCUT2D eigenvalue weighted by Gasteiger charge is 2.17. The van der Waals surface area contributed by atoms with Crippen molar-refractivity contribution in [3.05, 3.63) is 58.4 Å². The van der Waals surface area contributed by atoms with E-state index in [4.69, 9.17) is 4.74 Å². The van der Waals surface area contributed by atoms with Crippen molar-refractivity contribution in [1.29, 1.82) is 0 Å².